The highest BCUT2D eigenvalue weighted by molar-refractivity contribution is 6.27. The largest absolute Gasteiger partial charge is 0.380 e. The van der Waals surface area contributed by atoms with Gasteiger partial charge in [-0.25, -0.2) is 0 Å². The zero-order valence-electron chi connectivity index (χ0n) is 19.5. The summed E-state index contributed by atoms with van der Waals surface area (Å²) in [4.78, 5) is 18.4. The van der Waals surface area contributed by atoms with Gasteiger partial charge in [0, 0.05) is 34.4 Å². The summed E-state index contributed by atoms with van der Waals surface area (Å²) >= 11 is 6.03. The Balaban J connectivity index is 1.21. The van der Waals surface area contributed by atoms with Gasteiger partial charge >= 0.3 is 0 Å². The first-order valence-corrected chi connectivity index (χ1v) is 13.5. The SMILES string of the molecule is O=C(CCl)N1CCc2c([nH]c3ccccc23)[C@@H]1c1ccc(NC23CC4CC(CC(C4)C2)C3)cc1. The molecule has 4 fully saturated rings. The van der Waals surface area contributed by atoms with E-state index in [0.29, 0.717) is 12.1 Å². The molecule has 2 heterocycles. The molecule has 1 aliphatic heterocycles. The number of carbonyl (C=O) groups excluding carboxylic acids is 1. The maximum atomic E-state index is 12.8. The van der Waals surface area contributed by atoms with E-state index in [1.165, 1.54) is 55.2 Å². The van der Waals surface area contributed by atoms with E-state index >= 15 is 0 Å². The Bertz CT molecular complexity index is 1210. The lowest BCUT2D eigenvalue weighted by Gasteiger charge is -2.57. The van der Waals surface area contributed by atoms with Crippen LogP contribution in [0.2, 0.25) is 0 Å². The summed E-state index contributed by atoms with van der Waals surface area (Å²) in [5, 5.41) is 5.26. The summed E-state index contributed by atoms with van der Waals surface area (Å²) in [6.45, 7) is 0.693. The monoisotopic (exact) mass is 473 g/mol. The van der Waals surface area contributed by atoms with Crippen molar-refractivity contribution in [2.75, 3.05) is 17.7 Å². The number of carbonyl (C=O) groups is 1. The van der Waals surface area contributed by atoms with E-state index in [0.717, 1.165) is 40.9 Å². The second-order valence-electron chi connectivity index (χ2n) is 11.4. The smallest absolute Gasteiger partial charge is 0.238 e. The number of anilines is 1. The van der Waals surface area contributed by atoms with Crippen molar-refractivity contribution in [2.45, 2.75) is 56.5 Å². The summed E-state index contributed by atoms with van der Waals surface area (Å²) < 4.78 is 0. The number of hydrogen-bond donors (Lipinski definition) is 2. The number of nitrogens with zero attached hydrogens (tertiary/aromatic N) is 1. The minimum Gasteiger partial charge on any atom is -0.380 e. The molecule has 0 spiro atoms. The standard InChI is InChI=1S/C29H32ClN3O/c30-17-26(34)33-10-9-24-23-3-1-2-4-25(23)31-27(24)28(33)21-5-7-22(8-6-21)32-29-14-18-11-19(15-29)13-20(12-18)16-29/h1-8,18-20,28,31-32H,9-17H2/t18?,19?,20?,28-,29?/m0/s1. The van der Waals surface area contributed by atoms with Gasteiger partial charge in [-0.15, -0.1) is 11.6 Å². The van der Waals surface area contributed by atoms with Gasteiger partial charge in [0.15, 0.2) is 0 Å². The van der Waals surface area contributed by atoms with Gasteiger partial charge < -0.3 is 15.2 Å². The molecule has 2 aromatic carbocycles. The maximum Gasteiger partial charge on any atom is 0.238 e. The first kappa shape index (κ1) is 20.9. The first-order valence-electron chi connectivity index (χ1n) is 12.9. The van der Waals surface area contributed by atoms with Crippen molar-refractivity contribution in [1.82, 2.24) is 9.88 Å². The van der Waals surface area contributed by atoms with Crippen LogP contribution in [-0.2, 0) is 11.2 Å². The van der Waals surface area contributed by atoms with E-state index in [1.54, 1.807) is 0 Å². The van der Waals surface area contributed by atoms with E-state index < -0.39 is 0 Å². The van der Waals surface area contributed by atoms with Crippen LogP contribution in [0.5, 0.6) is 0 Å². The Morgan fingerprint density at radius 1 is 1.00 bits per heavy atom. The van der Waals surface area contributed by atoms with Crippen LogP contribution < -0.4 is 5.32 Å². The number of benzene rings is 2. The lowest BCUT2D eigenvalue weighted by molar-refractivity contribution is -0.130. The van der Waals surface area contributed by atoms with E-state index in [-0.39, 0.29) is 17.8 Å². The second kappa shape index (κ2) is 7.78. The molecule has 0 saturated heterocycles. The number of nitrogens with one attached hydrogen (secondary N) is 2. The number of fused-ring (bicyclic) bond motifs is 3. The highest BCUT2D eigenvalue weighted by atomic mass is 35.5. The molecule has 8 rings (SSSR count). The Hall–Kier alpha value is -2.46. The number of alkyl halides is 1. The zero-order valence-corrected chi connectivity index (χ0v) is 20.3. The molecule has 0 unspecified atom stereocenters. The molecule has 1 aromatic heterocycles. The van der Waals surface area contributed by atoms with E-state index in [4.69, 9.17) is 11.6 Å². The average Bonchev–Trinajstić information content (AvgIpc) is 3.21. The van der Waals surface area contributed by atoms with Gasteiger partial charge in [0.25, 0.3) is 0 Å². The minimum atomic E-state index is -0.129. The molecule has 2 N–H and O–H groups in total. The highest BCUT2D eigenvalue weighted by Crippen LogP contribution is 2.56. The van der Waals surface area contributed by atoms with E-state index in [2.05, 4.69) is 58.8 Å². The number of aromatic amines is 1. The van der Waals surface area contributed by atoms with Crippen LogP contribution in [0.1, 0.15) is 61.4 Å². The first-order chi connectivity index (χ1) is 16.6. The van der Waals surface area contributed by atoms with Crippen molar-refractivity contribution in [3.8, 4) is 0 Å². The number of H-pyrrole nitrogens is 1. The topological polar surface area (TPSA) is 48.1 Å². The third kappa shape index (κ3) is 3.29. The molecule has 1 amide bonds. The molecule has 4 aliphatic carbocycles. The third-order valence-corrected chi connectivity index (χ3v) is 9.37. The molecule has 4 nitrogen and oxygen atoms in total. The molecule has 176 valence electrons. The van der Waals surface area contributed by atoms with Crippen molar-refractivity contribution in [3.05, 3.63) is 65.4 Å². The van der Waals surface area contributed by atoms with Gasteiger partial charge in [-0.1, -0.05) is 30.3 Å². The van der Waals surface area contributed by atoms with Crippen LogP contribution in [0.15, 0.2) is 48.5 Å². The Labute approximate surface area is 206 Å². The van der Waals surface area contributed by atoms with Crippen LogP contribution in [0, 0.1) is 17.8 Å². The van der Waals surface area contributed by atoms with Crippen molar-refractivity contribution in [2.24, 2.45) is 17.8 Å². The van der Waals surface area contributed by atoms with Gasteiger partial charge in [-0.2, -0.15) is 0 Å². The molecule has 34 heavy (non-hydrogen) atoms. The van der Waals surface area contributed by atoms with Gasteiger partial charge in [0.2, 0.25) is 5.91 Å². The molecule has 1 atom stereocenters. The molecule has 3 aromatic rings. The van der Waals surface area contributed by atoms with Gasteiger partial charge in [0.1, 0.15) is 5.88 Å². The average molecular weight is 474 g/mol. The molecular formula is C29H32ClN3O. The number of para-hydroxylation sites is 1. The summed E-state index contributed by atoms with van der Waals surface area (Å²) in [5.41, 5.74) is 6.25. The summed E-state index contributed by atoms with van der Waals surface area (Å²) in [6, 6.07) is 17.2. The van der Waals surface area contributed by atoms with Crippen molar-refractivity contribution in [3.63, 3.8) is 0 Å². The fourth-order valence-electron chi connectivity index (χ4n) is 8.25. The Morgan fingerprint density at radius 3 is 2.35 bits per heavy atom. The molecule has 5 heteroatoms. The fourth-order valence-corrected chi connectivity index (χ4v) is 8.41. The van der Waals surface area contributed by atoms with Gasteiger partial charge in [-0.05, 0) is 92.0 Å². The fraction of sp³-hybridized carbons (Fsp3) is 0.483. The normalized spacial score (nSPS) is 31.6. The van der Waals surface area contributed by atoms with Crippen LogP contribution in [0.4, 0.5) is 5.69 Å². The summed E-state index contributed by atoms with van der Waals surface area (Å²) in [5.74, 6) is 2.78. The summed E-state index contributed by atoms with van der Waals surface area (Å²) in [7, 11) is 0. The number of rotatable bonds is 4. The molecule has 4 saturated carbocycles. The second-order valence-corrected chi connectivity index (χ2v) is 11.6. The Morgan fingerprint density at radius 2 is 1.68 bits per heavy atom. The molecule has 4 bridgehead atoms. The lowest BCUT2D eigenvalue weighted by atomic mass is 9.53. The minimum absolute atomic E-state index is 0.00765. The predicted molar refractivity (Wildman–Crippen MR) is 137 cm³/mol. The number of amides is 1. The van der Waals surface area contributed by atoms with Gasteiger partial charge in [-0.3, -0.25) is 4.79 Å². The Kier molecular flexibility index (Phi) is 4.77. The molecule has 0 radical (unpaired) electrons. The zero-order chi connectivity index (χ0) is 22.9. The number of aromatic nitrogens is 1. The predicted octanol–water partition coefficient (Wildman–Crippen LogP) is 6.26. The van der Waals surface area contributed by atoms with E-state index in [9.17, 15) is 4.79 Å². The van der Waals surface area contributed by atoms with Gasteiger partial charge in [0.05, 0.1) is 6.04 Å². The maximum absolute atomic E-state index is 12.8. The van der Waals surface area contributed by atoms with Crippen molar-refractivity contribution >= 4 is 34.1 Å². The molecule has 5 aliphatic rings. The van der Waals surface area contributed by atoms with Crippen LogP contribution in [0.25, 0.3) is 10.9 Å². The quantitative estimate of drug-likeness (QED) is 0.439. The lowest BCUT2D eigenvalue weighted by Crippen LogP contribution is -2.54. The van der Waals surface area contributed by atoms with Crippen molar-refractivity contribution < 1.29 is 4.79 Å². The van der Waals surface area contributed by atoms with Crippen molar-refractivity contribution in [1.29, 1.82) is 0 Å². The van der Waals surface area contributed by atoms with E-state index in [1.807, 2.05) is 4.90 Å². The van der Waals surface area contributed by atoms with Crippen LogP contribution in [-0.4, -0.2) is 33.8 Å². The van der Waals surface area contributed by atoms with Crippen LogP contribution in [0.3, 0.4) is 0 Å². The highest BCUT2D eigenvalue weighted by Gasteiger charge is 2.50. The van der Waals surface area contributed by atoms with Crippen LogP contribution >= 0.6 is 11.6 Å². The number of halogens is 1. The molecular weight excluding hydrogens is 442 g/mol. The third-order valence-electron chi connectivity index (χ3n) is 9.14. The summed E-state index contributed by atoms with van der Waals surface area (Å²) in [6.07, 6.45) is 9.22. The number of hydrogen-bond acceptors (Lipinski definition) is 2.